The number of aryl methyl sites for hydroxylation is 1. The molecule has 0 aliphatic carbocycles. The van der Waals surface area contributed by atoms with Crippen LogP contribution in [0, 0.1) is 27.2 Å². The lowest BCUT2D eigenvalue weighted by Crippen LogP contribution is -2.19. The molecule has 0 aliphatic heterocycles. The lowest BCUT2D eigenvalue weighted by Gasteiger charge is -2.16. The summed E-state index contributed by atoms with van der Waals surface area (Å²) in [6, 6.07) is 21.2. The van der Waals surface area contributed by atoms with E-state index < -0.39 is 22.3 Å². The van der Waals surface area contributed by atoms with Crippen molar-refractivity contribution >= 4 is 0 Å². The van der Waals surface area contributed by atoms with E-state index in [4.69, 9.17) is 9.47 Å². The van der Waals surface area contributed by atoms with Crippen LogP contribution < -0.4 is 9.47 Å². The maximum Gasteiger partial charge on any atom is 0.380 e. The molecule has 0 amide bonds. The minimum absolute atomic E-state index is 0.173. The Labute approximate surface area is 166 Å². The fourth-order valence-corrected chi connectivity index (χ4v) is 2.73. The van der Waals surface area contributed by atoms with Crippen LogP contribution in [0.25, 0.3) is 0 Å². The maximum absolute atomic E-state index is 11.5. The third-order valence-corrected chi connectivity index (χ3v) is 4.20. The van der Waals surface area contributed by atoms with Gasteiger partial charge in [-0.2, -0.15) is 0 Å². The Morgan fingerprint density at radius 3 is 1.69 bits per heavy atom. The Morgan fingerprint density at radius 2 is 1.21 bits per heavy atom. The van der Waals surface area contributed by atoms with E-state index in [1.54, 1.807) is 79.7 Å². The second kappa shape index (κ2) is 8.83. The summed E-state index contributed by atoms with van der Waals surface area (Å²) in [6.07, 6.45) is -2.82. The summed E-state index contributed by atoms with van der Waals surface area (Å²) >= 11 is 0. The summed E-state index contributed by atoms with van der Waals surface area (Å²) in [7, 11) is 0. The predicted molar refractivity (Wildman–Crippen MR) is 105 cm³/mol. The highest BCUT2D eigenvalue weighted by Gasteiger charge is 2.27. The average molecular weight is 394 g/mol. The molecule has 0 saturated heterocycles. The molecule has 2 unspecified atom stereocenters. The first kappa shape index (κ1) is 19.8. The molecule has 0 radical (unpaired) electrons. The van der Waals surface area contributed by atoms with Crippen LogP contribution in [0.4, 0.5) is 0 Å². The summed E-state index contributed by atoms with van der Waals surface area (Å²) < 4.78 is 11.2. The van der Waals surface area contributed by atoms with E-state index in [0.29, 0.717) is 16.7 Å². The van der Waals surface area contributed by atoms with Gasteiger partial charge in [0.05, 0.1) is 21.0 Å². The van der Waals surface area contributed by atoms with Crippen LogP contribution in [0.1, 0.15) is 29.1 Å². The van der Waals surface area contributed by atoms with Gasteiger partial charge in [-0.1, -0.05) is 42.5 Å². The van der Waals surface area contributed by atoms with E-state index >= 15 is 0 Å². The predicted octanol–water partition coefficient (Wildman–Crippen LogP) is 4.70. The lowest BCUT2D eigenvalue weighted by molar-refractivity contribution is -0.571. The molecule has 0 spiro atoms. The molecule has 0 saturated carbocycles. The molecule has 0 fully saturated rings. The third kappa shape index (κ3) is 4.86. The molecule has 0 aromatic heterocycles. The molecule has 148 valence electrons. The van der Waals surface area contributed by atoms with Crippen LogP contribution in [0.3, 0.4) is 0 Å². The van der Waals surface area contributed by atoms with Crippen molar-refractivity contribution in [1.82, 2.24) is 0 Å². The first-order valence-corrected chi connectivity index (χ1v) is 8.76. The average Bonchev–Trinajstić information content (AvgIpc) is 2.72. The number of nitro groups is 2. The normalized spacial score (nSPS) is 12.6. The SMILES string of the molecule is Cc1ccc(OC(c2ccccc2)[N+](=O)[O-])cc1OC(c1ccccc1)[N+](=O)[O-]. The van der Waals surface area contributed by atoms with Crippen LogP contribution in [0.2, 0.25) is 0 Å². The molecule has 8 heteroatoms. The largest absolute Gasteiger partial charge is 0.426 e. The Morgan fingerprint density at radius 1 is 0.724 bits per heavy atom. The summed E-state index contributed by atoms with van der Waals surface area (Å²) in [5.41, 5.74) is 1.40. The number of benzene rings is 3. The van der Waals surface area contributed by atoms with Crippen molar-refractivity contribution in [2.75, 3.05) is 0 Å². The summed E-state index contributed by atoms with van der Waals surface area (Å²) in [5, 5.41) is 23.0. The van der Waals surface area contributed by atoms with Crippen molar-refractivity contribution in [1.29, 1.82) is 0 Å². The fourth-order valence-electron chi connectivity index (χ4n) is 2.73. The lowest BCUT2D eigenvalue weighted by atomic mass is 10.2. The number of hydrogen-bond donors (Lipinski definition) is 0. The van der Waals surface area contributed by atoms with E-state index in [9.17, 15) is 20.2 Å². The molecular weight excluding hydrogens is 376 g/mol. The van der Waals surface area contributed by atoms with Gasteiger partial charge in [0, 0.05) is 6.07 Å². The second-order valence-corrected chi connectivity index (χ2v) is 6.26. The zero-order chi connectivity index (χ0) is 20.8. The monoisotopic (exact) mass is 394 g/mol. The number of ether oxygens (including phenoxy) is 2. The highest BCUT2D eigenvalue weighted by atomic mass is 16.7. The highest BCUT2D eigenvalue weighted by molar-refractivity contribution is 5.40. The van der Waals surface area contributed by atoms with Gasteiger partial charge < -0.3 is 9.47 Å². The van der Waals surface area contributed by atoms with Crippen molar-refractivity contribution < 1.29 is 19.3 Å². The second-order valence-electron chi connectivity index (χ2n) is 6.26. The van der Waals surface area contributed by atoms with E-state index in [1.807, 2.05) is 0 Å². The molecule has 3 aromatic rings. The van der Waals surface area contributed by atoms with Gasteiger partial charge in [0.2, 0.25) is 0 Å². The standard InChI is InChI=1S/C21H18N2O6/c1-15-12-13-18(28-20(22(24)25)16-8-4-2-5-9-16)14-19(15)29-21(23(26)27)17-10-6-3-7-11-17/h2-14,20-21H,1H3. The molecule has 2 atom stereocenters. The van der Waals surface area contributed by atoms with Gasteiger partial charge in [0.15, 0.2) is 0 Å². The van der Waals surface area contributed by atoms with Gasteiger partial charge in [-0.25, -0.2) is 0 Å². The molecular formula is C21H18N2O6. The maximum atomic E-state index is 11.5. The topological polar surface area (TPSA) is 105 Å². The van der Waals surface area contributed by atoms with E-state index in [1.165, 1.54) is 6.07 Å². The van der Waals surface area contributed by atoms with Gasteiger partial charge >= 0.3 is 12.5 Å². The van der Waals surface area contributed by atoms with Crippen LogP contribution in [0.5, 0.6) is 11.5 Å². The van der Waals surface area contributed by atoms with Crippen LogP contribution in [-0.4, -0.2) is 9.85 Å². The Hall–Kier alpha value is -3.94. The minimum Gasteiger partial charge on any atom is -0.426 e. The number of hydrogen-bond acceptors (Lipinski definition) is 6. The molecule has 0 N–H and O–H groups in total. The van der Waals surface area contributed by atoms with E-state index in [2.05, 4.69) is 0 Å². The van der Waals surface area contributed by atoms with Crippen molar-refractivity contribution in [3.8, 4) is 11.5 Å². The Kier molecular flexibility index (Phi) is 6.03. The van der Waals surface area contributed by atoms with Crippen molar-refractivity contribution in [2.24, 2.45) is 0 Å². The number of nitrogens with zero attached hydrogens (tertiary/aromatic N) is 2. The third-order valence-electron chi connectivity index (χ3n) is 4.20. The first-order chi connectivity index (χ1) is 14.0. The zero-order valence-electron chi connectivity index (χ0n) is 15.5. The van der Waals surface area contributed by atoms with Crippen molar-refractivity contribution in [3.63, 3.8) is 0 Å². The van der Waals surface area contributed by atoms with E-state index in [-0.39, 0.29) is 11.5 Å². The summed E-state index contributed by atoms with van der Waals surface area (Å²) in [4.78, 5) is 21.9. The Bertz CT molecular complexity index is 995. The van der Waals surface area contributed by atoms with Gasteiger partial charge in [0.1, 0.15) is 11.5 Å². The highest BCUT2D eigenvalue weighted by Crippen LogP contribution is 2.31. The first-order valence-electron chi connectivity index (χ1n) is 8.76. The van der Waals surface area contributed by atoms with Gasteiger partial charge in [-0.05, 0) is 42.8 Å². The summed E-state index contributed by atoms with van der Waals surface area (Å²) in [5.74, 6) is 0.384. The molecule has 0 heterocycles. The van der Waals surface area contributed by atoms with Crippen LogP contribution >= 0.6 is 0 Å². The van der Waals surface area contributed by atoms with Crippen LogP contribution in [0.15, 0.2) is 78.9 Å². The van der Waals surface area contributed by atoms with Crippen LogP contribution in [-0.2, 0) is 0 Å². The zero-order valence-corrected chi connectivity index (χ0v) is 15.5. The summed E-state index contributed by atoms with van der Waals surface area (Å²) in [6.45, 7) is 1.73. The number of rotatable bonds is 8. The quantitative estimate of drug-likeness (QED) is 0.311. The minimum atomic E-state index is -1.41. The fraction of sp³-hybridized carbons (Fsp3) is 0.143. The van der Waals surface area contributed by atoms with Crippen molar-refractivity contribution in [3.05, 3.63) is 116 Å². The molecule has 3 rings (SSSR count). The van der Waals surface area contributed by atoms with Gasteiger partial charge in [0.25, 0.3) is 0 Å². The molecule has 0 aliphatic rings. The molecule has 3 aromatic carbocycles. The van der Waals surface area contributed by atoms with Crippen molar-refractivity contribution in [2.45, 2.75) is 19.4 Å². The van der Waals surface area contributed by atoms with Gasteiger partial charge in [-0.3, -0.25) is 20.2 Å². The molecule has 8 nitrogen and oxygen atoms in total. The van der Waals surface area contributed by atoms with E-state index in [0.717, 1.165) is 0 Å². The molecule has 29 heavy (non-hydrogen) atoms. The van der Waals surface area contributed by atoms with Gasteiger partial charge in [-0.15, -0.1) is 0 Å². The molecule has 0 bridgehead atoms. The smallest absolute Gasteiger partial charge is 0.380 e. The Balaban J connectivity index is 1.87.